The van der Waals surface area contributed by atoms with Gasteiger partial charge >= 0.3 is 0 Å². The molecule has 2 aromatic carbocycles. The fraction of sp³-hybridized carbons (Fsp3) is 0.350. The summed E-state index contributed by atoms with van der Waals surface area (Å²) in [6, 6.07) is 21.3. The lowest BCUT2D eigenvalue weighted by atomic mass is 9.96. The molecular weight excluding hydrogens is 314 g/mol. The SMILES string of the molecule is C[N+](NC(=S)NC1CCCCC1)(c1ccccc1)c1ccccc1. The van der Waals surface area contributed by atoms with Gasteiger partial charge in [-0.25, -0.2) is 0 Å². The van der Waals surface area contributed by atoms with Crippen LogP contribution in [0.2, 0.25) is 0 Å². The molecule has 3 nitrogen and oxygen atoms in total. The molecule has 3 rings (SSSR count). The molecule has 0 spiro atoms. The van der Waals surface area contributed by atoms with Crippen LogP contribution in [0.4, 0.5) is 11.4 Å². The van der Waals surface area contributed by atoms with Gasteiger partial charge in [0.2, 0.25) is 5.11 Å². The number of hydrogen-bond acceptors (Lipinski definition) is 1. The van der Waals surface area contributed by atoms with Crippen molar-refractivity contribution in [2.45, 2.75) is 38.1 Å². The lowest BCUT2D eigenvalue weighted by molar-refractivity contribution is 0.381. The zero-order valence-electron chi connectivity index (χ0n) is 14.2. The van der Waals surface area contributed by atoms with Gasteiger partial charge in [0.05, 0.1) is 0 Å². The number of nitrogens with zero attached hydrogens (tertiary/aromatic N) is 1. The fourth-order valence-corrected chi connectivity index (χ4v) is 3.75. The van der Waals surface area contributed by atoms with Crippen molar-refractivity contribution in [1.29, 1.82) is 0 Å². The Morgan fingerprint density at radius 2 is 1.38 bits per heavy atom. The van der Waals surface area contributed by atoms with E-state index in [0.717, 1.165) is 16.5 Å². The third kappa shape index (κ3) is 3.94. The smallest absolute Gasteiger partial charge is 0.214 e. The maximum Gasteiger partial charge on any atom is 0.214 e. The van der Waals surface area contributed by atoms with E-state index in [0.29, 0.717) is 10.6 Å². The molecule has 4 heteroatoms. The van der Waals surface area contributed by atoms with Crippen LogP contribution < -0.4 is 15.3 Å². The number of hydrogen-bond donors (Lipinski definition) is 2. The lowest BCUT2D eigenvalue weighted by Gasteiger charge is -2.35. The molecule has 24 heavy (non-hydrogen) atoms. The molecule has 1 saturated carbocycles. The van der Waals surface area contributed by atoms with Crippen LogP contribution in [-0.2, 0) is 0 Å². The highest BCUT2D eigenvalue weighted by molar-refractivity contribution is 7.80. The highest BCUT2D eigenvalue weighted by Gasteiger charge is 2.30. The number of thiocarbonyl (C=S) groups is 1. The Labute approximate surface area is 150 Å². The van der Waals surface area contributed by atoms with Gasteiger partial charge in [-0.3, -0.25) is 0 Å². The van der Waals surface area contributed by atoms with Gasteiger partial charge in [-0.2, -0.15) is 10.0 Å². The number of nitrogens with one attached hydrogen (secondary N) is 2. The molecule has 0 atom stereocenters. The van der Waals surface area contributed by atoms with Crippen molar-refractivity contribution < 1.29 is 0 Å². The molecule has 2 N–H and O–H groups in total. The van der Waals surface area contributed by atoms with Crippen LogP contribution in [0, 0.1) is 0 Å². The second-order valence-corrected chi connectivity index (χ2v) is 7.01. The Morgan fingerprint density at radius 3 is 1.88 bits per heavy atom. The van der Waals surface area contributed by atoms with Gasteiger partial charge in [-0.05, 0) is 25.1 Å². The van der Waals surface area contributed by atoms with E-state index in [1.165, 1.54) is 32.1 Å². The fourth-order valence-electron chi connectivity index (χ4n) is 3.40. The first-order valence-corrected chi connectivity index (χ1v) is 9.16. The lowest BCUT2D eigenvalue weighted by Crippen LogP contribution is -2.59. The van der Waals surface area contributed by atoms with E-state index >= 15 is 0 Å². The van der Waals surface area contributed by atoms with Crippen LogP contribution in [0.5, 0.6) is 0 Å². The van der Waals surface area contributed by atoms with Crippen LogP contribution in [0.25, 0.3) is 0 Å². The average Bonchev–Trinajstić information content (AvgIpc) is 2.64. The molecule has 0 amide bonds. The van der Waals surface area contributed by atoms with Gasteiger partial charge in [-0.1, -0.05) is 55.7 Å². The minimum absolute atomic E-state index is 0.445. The number of quaternary nitrogens is 1. The summed E-state index contributed by atoms with van der Waals surface area (Å²) < 4.78 is 0.445. The monoisotopic (exact) mass is 340 g/mol. The van der Waals surface area contributed by atoms with E-state index in [9.17, 15) is 0 Å². The summed E-state index contributed by atoms with van der Waals surface area (Å²) in [7, 11) is 2.14. The van der Waals surface area contributed by atoms with Crippen LogP contribution in [0.15, 0.2) is 60.7 Å². The summed E-state index contributed by atoms with van der Waals surface area (Å²) in [5.74, 6) is 0. The predicted molar refractivity (Wildman–Crippen MR) is 106 cm³/mol. The molecule has 0 heterocycles. The Balaban J connectivity index is 1.81. The van der Waals surface area contributed by atoms with E-state index in [1.54, 1.807) is 0 Å². The highest BCUT2D eigenvalue weighted by atomic mass is 32.1. The maximum atomic E-state index is 5.65. The second kappa shape index (κ2) is 7.77. The average molecular weight is 341 g/mol. The van der Waals surface area contributed by atoms with Gasteiger partial charge < -0.3 is 5.32 Å². The zero-order valence-corrected chi connectivity index (χ0v) is 15.1. The highest BCUT2D eigenvalue weighted by Crippen LogP contribution is 2.29. The molecule has 0 saturated heterocycles. The summed E-state index contributed by atoms with van der Waals surface area (Å²) in [5, 5.41) is 4.24. The number of para-hydroxylation sites is 2. The van der Waals surface area contributed by atoms with Crippen molar-refractivity contribution in [1.82, 2.24) is 15.3 Å². The second-order valence-electron chi connectivity index (χ2n) is 6.60. The summed E-state index contributed by atoms with van der Waals surface area (Å²) in [5.41, 5.74) is 5.83. The molecule has 0 radical (unpaired) electrons. The normalized spacial score (nSPS) is 15.7. The molecule has 1 fully saturated rings. The minimum Gasteiger partial charge on any atom is -0.356 e. The van der Waals surface area contributed by atoms with E-state index in [-0.39, 0.29) is 0 Å². The molecule has 0 aliphatic heterocycles. The number of rotatable bonds is 4. The summed E-state index contributed by atoms with van der Waals surface area (Å²) >= 11 is 5.65. The first kappa shape index (κ1) is 16.9. The third-order valence-corrected chi connectivity index (χ3v) is 5.02. The Hall–Kier alpha value is -1.91. The largest absolute Gasteiger partial charge is 0.356 e. The van der Waals surface area contributed by atoms with E-state index in [1.807, 2.05) is 12.1 Å². The topological polar surface area (TPSA) is 24.1 Å². The first-order chi connectivity index (χ1) is 11.7. The van der Waals surface area contributed by atoms with E-state index < -0.39 is 0 Å². The predicted octanol–water partition coefficient (Wildman–Crippen LogP) is 4.67. The first-order valence-electron chi connectivity index (χ1n) is 8.75. The van der Waals surface area contributed by atoms with E-state index in [4.69, 9.17) is 12.2 Å². The molecule has 0 bridgehead atoms. The van der Waals surface area contributed by atoms with Crippen molar-refractivity contribution in [2.75, 3.05) is 7.05 Å². The van der Waals surface area contributed by atoms with Crippen molar-refractivity contribution in [3.05, 3.63) is 60.7 Å². The zero-order chi connectivity index (χ0) is 16.8. The van der Waals surface area contributed by atoms with Gasteiger partial charge in [-0.15, -0.1) is 0 Å². The van der Waals surface area contributed by atoms with Crippen LogP contribution in [0.1, 0.15) is 32.1 Å². The molecule has 0 unspecified atom stereocenters. The Bertz CT molecular complexity index is 612. The molecule has 1 aliphatic rings. The molecule has 0 aromatic heterocycles. The van der Waals surface area contributed by atoms with Gasteiger partial charge in [0.15, 0.2) is 11.4 Å². The Morgan fingerprint density at radius 1 is 0.875 bits per heavy atom. The van der Waals surface area contributed by atoms with Crippen molar-refractivity contribution in [2.24, 2.45) is 0 Å². The summed E-state index contributed by atoms with van der Waals surface area (Å²) in [6.07, 6.45) is 6.36. The summed E-state index contributed by atoms with van der Waals surface area (Å²) in [6.45, 7) is 0. The van der Waals surface area contributed by atoms with Crippen LogP contribution in [0.3, 0.4) is 0 Å². The van der Waals surface area contributed by atoms with Gasteiger partial charge in [0.25, 0.3) is 0 Å². The minimum atomic E-state index is 0.445. The van der Waals surface area contributed by atoms with Crippen molar-refractivity contribution >= 4 is 28.7 Å². The third-order valence-electron chi connectivity index (χ3n) is 4.81. The van der Waals surface area contributed by atoms with Gasteiger partial charge in [0, 0.05) is 30.3 Å². The standard InChI is InChI=1S/C20H25N3S/c1-23(18-13-7-3-8-14-18,19-15-9-4-10-16-19)22-20(24)21-17-11-5-2-6-12-17/h3-4,7-10,13-17H,2,5-6,11-12H2,1H3,(H-,21,22,24)/p+1. The van der Waals surface area contributed by atoms with Crippen LogP contribution >= 0.6 is 12.2 Å². The van der Waals surface area contributed by atoms with E-state index in [2.05, 4.69) is 66.3 Å². The van der Waals surface area contributed by atoms with Crippen molar-refractivity contribution in [3.63, 3.8) is 0 Å². The summed E-state index contributed by atoms with van der Waals surface area (Å²) in [4.78, 5) is 0. The van der Waals surface area contributed by atoms with Crippen molar-refractivity contribution in [3.8, 4) is 0 Å². The Kier molecular flexibility index (Phi) is 5.48. The maximum absolute atomic E-state index is 5.65. The quantitative estimate of drug-likeness (QED) is 0.480. The molecule has 126 valence electrons. The van der Waals surface area contributed by atoms with Gasteiger partial charge in [0.1, 0.15) is 7.05 Å². The molecular formula is C20H26N3S+. The van der Waals surface area contributed by atoms with Crippen LogP contribution in [-0.4, -0.2) is 18.2 Å². The molecule has 2 aromatic rings. The number of benzene rings is 2. The molecule has 1 aliphatic carbocycles.